The summed E-state index contributed by atoms with van der Waals surface area (Å²) in [7, 11) is 0. The molecule has 3 aliphatic rings. The van der Waals surface area contributed by atoms with Gasteiger partial charge in [0.2, 0.25) is 12.2 Å². The molecule has 3 aliphatic heterocycles. The molecular weight excluding hydrogens is 450 g/mol. The molecule has 3 heterocycles. The lowest BCUT2D eigenvalue weighted by molar-refractivity contribution is -0.161. The van der Waals surface area contributed by atoms with E-state index in [-0.39, 0.29) is 30.9 Å². The molecule has 2 saturated heterocycles. The molecule has 1 aromatic rings. The SMILES string of the molecule is CC(C)[C@@H]1C=C(C(=O)N2CCC3(CC2)C(=O)NCN3c2ccccc2)O[C@H](OCCOCCO)C1. The topological polar surface area (TPSA) is 101 Å². The second-order valence-electron chi connectivity index (χ2n) is 9.68. The average molecular weight is 488 g/mol. The smallest absolute Gasteiger partial charge is 0.288 e. The molecule has 0 bridgehead atoms. The molecule has 2 fully saturated rings. The van der Waals surface area contributed by atoms with Gasteiger partial charge in [-0.3, -0.25) is 9.59 Å². The van der Waals surface area contributed by atoms with Gasteiger partial charge in [-0.05, 0) is 42.9 Å². The van der Waals surface area contributed by atoms with Crippen LogP contribution >= 0.6 is 0 Å². The molecule has 2 amide bonds. The van der Waals surface area contributed by atoms with Gasteiger partial charge in [-0.25, -0.2) is 0 Å². The molecule has 192 valence electrons. The summed E-state index contributed by atoms with van der Waals surface area (Å²) in [6.07, 6.45) is 3.20. The van der Waals surface area contributed by atoms with Crippen LogP contribution in [0.15, 0.2) is 42.2 Å². The normalized spacial score (nSPS) is 23.9. The number of amides is 2. The quantitative estimate of drug-likeness (QED) is 0.513. The molecule has 9 nitrogen and oxygen atoms in total. The second-order valence-corrected chi connectivity index (χ2v) is 9.68. The van der Waals surface area contributed by atoms with Crippen LogP contribution in [0.4, 0.5) is 5.69 Å². The van der Waals surface area contributed by atoms with Crippen LogP contribution in [-0.2, 0) is 23.8 Å². The number of allylic oxidation sites excluding steroid dienone is 1. The standard InChI is InChI=1S/C26H37N3O6/c1-19(2)20-16-22(35-23(17-20)34-15-14-33-13-12-30)24(31)28-10-8-26(9-11-28)25(32)27-18-29(26)21-6-4-3-5-7-21/h3-7,16,19-20,23,30H,8-15,17-18H2,1-2H3,(H,27,32)/t20-,23+/m1/s1. The van der Waals surface area contributed by atoms with Gasteiger partial charge >= 0.3 is 0 Å². The van der Waals surface area contributed by atoms with Crippen LogP contribution in [0.25, 0.3) is 0 Å². The van der Waals surface area contributed by atoms with E-state index in [9.17, 15) is 9.59 Å². The largest absolute Gasteiger partial charge is 0.459 e. The Labute approximate surface area is 207 Å². The number of anilines is 1. The minimum absolute atomic E-state index is 0.0262. The van der Waals surface area contributed by atoms with Crippen LogP contribution in [0.2, 0.25) is 0 Å². The first kappa shape index (κ1) is 25.5. The first-order valence-corrected chi connectivity index (χ1v) is 12.5. The maximum Gasteiger partial charge on any atom is 0.288 e. The Morgan fingerprint density at radius 1 is 1.20 bits per heavy atom. The summed E-state index contributed by atoms with van der Waals surface area (Å²) >= 11 is 0. The number of hydrogen-bond donors (Lipinski definition) is 2. The third-order valence-corrected chi connectivity index (χ3v) is 7.21. The molecule has 1 aromatic carbocycles. The Morgan fingerprint density at radius 3 is 2.63 bits per heavy atom. The summed E-state index contributed by atoms with van der Waals surface area (Å²) in [5.41, 5.74) is 0.368. The molecule has 9 heteroatoms. The lowest BCUT2D eigenvalue weighted by atomic mass is 9.85. The van der Waals surface area contributed by atoms with Gasteiger partial charge in [0.15, 0.2) is 5.76 Å². The van der Waals surface area contributed by atoms with Crippen molar-refractivity contribution in [2.45, 2.75) is 44.9 Å². The maximum absolute atomic E-state index is 13.4. The van der Waals surface area contributed by atoms with Crippen molar-refractivity contribution in [3.63, 3.8) is 0 Å². The van der Waals surface area contributed by atoms with Gasteiger partial charge in [0.05, 0.1) is 33.1 Å². The van der Waals surface area contributed by atoms with Gasteiger partial charge in [-0.1, -0.05) is 32.0 Å². The fourth-order valence-electron chi connectivity index (χ4n) is 5.08. The number of benzene rings is 1. The average Bonchev–Trinajstić information content (AvgIpc) is 3.19. The Balaban J connectivity index is 1.39. The Kier molecular flexibility index (Phi) is 8.30. The van der Waals surface area contributed by atoms with Crippen molar-refractivity contribution >= 4 is 17.5 Å². The van der Waals surface area contributed by atoms with Crippen LogP contribution in [0, 0.1) is 11.8 Å². The van der Waals surface area contributed by atoms with Crippen molar-refractivity contribution in [1.29, 1.82) is 0 Å². The second kappa shape index (κ2) is 11.4. The first-order valence-electron chi connectivity index (χ1n) is 12.5. The molecular formula is C26H37N3O6. The van der Waals surface area contributed by atoms with E-state index in [1.165, 1.54) is 0 Å². The fraction of sp³-hybridized carbons (Fsp3) is 0.615. The molecule has 0 unspecified atom stereocenters. The molecule has 4 rings (SSSR count). The van der Waals surface area contributed by atoms with E-state index in [4.69, 9.17) is 19.3 Å². The Bertz CT molecular complexity index is 898. The lowest BCUT2D eigenvalue weighted by Crippen LogP contribution is -2.57. The predicted octanol–water partition coefficient (Wildman–Crippen LogP) is 1.87. The number of hydrogen-bond acceptors (Lipinski definition) is 7. The highest BCUT2D eigenvalue weighted by molar-refractivity contribution is 5.95. The number of carbonyl (C=O) groups excluding carboxylic acids is 2. The number of rotatable bonds is 9. The number of aliphatic hydroxyl groups excluding tert-OH is 1. The summed E-state index contributed by atoms with van der Waals surface area (Å²) in [6.45, 7) is 6.59. The zero-order valence-corrected chi connectivity index (χ0v) is 20.7. The fourth-order valence-corrected chi connectivity index (χ4v) is 5.08. The van der Waals surface area contributed by atoms with E-state index in [2.05, 4.69) is 24.1 Å². The number of piperidine rings is 1. The number of aliphatic hydroxyl groups is 1. The van der Waals surface area contributed by atoms with Gasteiger partial charge in [-0.2, -0.15) is 0 Å². The molecule has 2 atom stereocenters. The van der Waals surface area contributed by atoms with Gasteiger partial charge in [-0.15, -0.1) is 0 Å². The third-order valence-electron chi connectivity index (χ3n) is 7.21. The van der Waals surface area contributed by atoms with Crippen LogP contribution in [0.5, 0.6) is 0 Å². The molecule has 0 aromatic heterocycles. The zero-order valence-electron chi connectivity index (χ0n) is 20.7. The highest BCUT2D eigenvalue weighted by Gasteiger charge is 2.51. The number of ether oxygens (including phenoxy) is 3. The summed E-state index contributed by atoms with van der Waals surface area (Å²) in [5.74, 6) is 0.697. The summed E-state index contributed by atoms with van der Waals surface area (Å²) < 4.78 is 17.1. The Hall–Kier alpha value is -2.62. The van der Waals surface area contributed by atoms with Crippen molar-refractivity contribution in [2.24, 2.45) is 11.8 Å². The Morgan fingerprint density at radius 2 is 1.94 bits per heavy atom. The van der Waals surface area contributed by atoms with Crippen LogP contribution in [0.1, 0.15) is 33.1 Å². The van der Waals surface area contributed by atoms with E-state index < -0.39 is 11.8 Å². The van der Waals surface area contributed by atoms with E-state index in [1.807, 2.05) is 36.4 Å². The van der Waals surface area contributed by atoms with E-state index in [0.717, 1.165) is 5.69 Å². The molecule has 0 saturated carbocycles. The molecule has 0 aliphatic carbocycles. The van der Waals surface area contributed by atoms with E-state index >= 15 is 0 Å². The van der Waals surface area contributed by atoms with Crippen molar-refractivity contribution in [2.75, 3.05) is 51.1 Å². The van der Waals surface area contributed by atoms with Gasteiger partial charge in [0, 0.05) is 25.2 Å². The van der Waals surface area contributed by atoms with Gasteiger partial charge in [0.25, 0.3) is 5.91 Å². The number of nitrogens with one attached hydrogen (secondary N) is 1. The number of nitrogens with zero attached hydrogens (tertiary/aromatic N) is 2. The number of likely N-dealkylation sites (tertiary alicyclic amines) is 1. The van der Waals surface area contributed by atoms with Crippen molar-refractivity contribution in [1.82, 2.24) is 10.2 Å². The summed E-state index contributed by atoms with van der Waals surface area (Å²) in [5, 5.41) is 11.8. The molecule has 1 spiro atoms. The third kappa shape index (κ3) is 5.63. The predicted molar refractivity (Wildman–Crippen MR) is 130 cm³/mol. The number of carbonyl (C=O) groups is 2. The van der Waals surface area contributed by atoms with Crippen LogP contribution in [-0.4, -0.2) is 79.8 Å². The van der Waals surface area contributed by atoms with Crippen molar-refractivity contribution < 1.29 is 28.9 Å². The zero-order chi connectivity index (χ0) is 24.8. The highest BCUT2D eigenvalue weighted by atomic mass is 16.7. The van der Waals surface area contributed by atoms with Crippen LogP contribution in [0.3, 0.4) is 0 Å². The van der Waals surface area contributed by atoms with Crippen molar-refractivity contribution in [3.05, 3.63) is 42.2 Å². The monoisotopic (exact) mass is 487 g/mol. The lowest BCUT2D eigenvalue weighted by Gasteiger charge is -2.43. The summed E-state index contributed by atoms with van der Waals surface area (Å²) in [6, 6.07) is 9.94. The summed E-state index contributed by atoms with van der Waals surface area (Å²) in [4.78, 5) is 30.3. The maximum atomic E-state index is 13.4. The van der Waals surface area contributed by atoms with Crippen molar-refractivity contribution in [3.8, 4) is 0 Å². The van der Waals surface area contributed by atoms with E-state index in [1.54, 1.807) is 4.90 Å². The minimum atomic E-state index is -0.638. The first-order chi connectivity index (χ1) is 16.9. The van der Waals surface area contributed by atoms with E-state index in [0.29, 0.717) is 63.9 Å². The minimum Gasteiger partial charge on any atom is -0.459 e. The highest BCUT2D eigenvalue weighted by Crippen LogP contribution is 2.37. The molecule has 35 heavy (non-hydrogen) atoms. The number of para-hydroxylation sites is 1. The molecule has 2 N–H and O–H groups in total. The molecule has 0 radical (unpaired) electrons. The van der Waals surface area contributed by atoms with Gasteiger partial charge in [0.1, 0.15) is 5.54 Å². The van der Waals surface area contributed by atoms with Gasteiger partial charge < -0.3 is 34.4 Å². The van der Waals surface area contributed by atoms with Crippen LogP contribution < -0.4 is 10.2 Å².